The Hall–Kier alpha value is -2.18. The van der Waals surface area contributed by atoms with Crippen molar-refractivity contribution in [1.82, 2.24) is 14.8 Å². The first kappa shape index (κ1) is 16.7. The van der Waals surface area contributed by atoms with Gasteiger partial charge in [0.2, 0.25) is 5.91 Å². The summed E-state index contributed by atoms with van der Waals surface area (Å²) in [7, 11) is 0. The minimum atomic E-state index is -0.130. The molecule has 1 saturated heterocycles. The van der Waals surface area contributed by atoms with Crippen LogP contribution in [0.5, 0.6) is 0 Å². The summed E-state index contributed by atoms with van der Waals surface area (Å²) in [5.74, 6) is -0.130. The van der Waals surface area contributed by atoms with Gasteiger partial charge in [0.05, 0.1) is 13.2 Å². The van der Waals surface area contributed by atoms with E-state index in [9.17, 15) is 9.59 Å². The number of carbonyl (C=O) groups excluding carboxylic acids is 1. The summed E-state index contributed by atoms with van der Waals surface area (Å²) in [6.07, 6.45) is 2.58. The molecule has 6 heteroatoms. The van der Waals surface area contributed by atoms with Gasteiger partial charge >= 0.3 is 0 Å². The molecule has 0 atom stereocenters. The zero-order valence-corrected chi connectivity index (χ0v) is 13.7. The molecule has 1 N–H and O–H groups in total. The zero-order valence-electron chi connectivity index (χ0n) is 13.7. The molecule has 6 nitrogen and oxygen atoms in total. The molecule has 0 bridgehead atoms. The molecule has 0 aliphatic carbocycles. The maximum Gasteiger partial charge on any atom is 0.258 e. The minimum Gasteiger partial charge on any atom is -0.379 e. The molecule has 1 aliphatic rings. The lowest BCUT2D eigenvalue weighted by molar-refractivity contribution is -0.121. The van der Waals surface area contributed by atoms with E-state index in [0.717, 1.165) is 44.7 Å². The summed E-state index contributed by atoms with van der Waals surface area (Å²) >= 11 is 0. The molecule has 128 valence electrons. The Kier molecular flexibility index (Phi) is 5.61. The third-order valence-electron chi connectivity index (χ3n) is 4.28. The summed E-state index contributed by atoms with van der Waals surface area (Å²) in [4.78, 5) is 26.7. The van der Waals surface area contributed by atoms with Crippen molar-refractivity contribution >= 4 is 16.7 Å². The second kappa shape index (κ2) is 8.08. The number of hydrogen-bond acceptors (Lipinski definition) is 4. The Labute approximate surface area is 141 Å². The Bertz CT molecular complexity index is 751. The number of benzene rings is 1. The van der Waals surface area contributed by atoms with Gasteiger partial charge in [-0.25, -0.2) is 0 Å². The van der Waals surface area contributed by atoms with E-state index in [-0.39, 0.29) is 18.0 Å². The number of fused-ring (bicyclic) bond motifs is 1. The third kappa shape index (κ3) is 4.21. The first-order valence-corrected chi connectivity index (χ1v) is 8.39. The standard InChI is InChI=1S/C18H23N3O3/c22-17(19-7-3-8-20-10-12-24-13-11-20)14-21-9-6-15-4-1-2-5-16(15)18(21)23/h1-2,4-6,9H,3,7-8,10-14H2,(H,19,22). The number of hydrogen-bond donors (Lipinski definition) is 1. The van der Waals surface area contributed by atoms with Crippen LogP contribution in [0.3, 0.4) is 0 Å². The van der Waals surface area contributed by atoms with Crippen LogP contribution in [0.1, 0.15) is 6.42 Å². The van der Waals surface area contributed by atoms with Crippen molar-refractivity contribution in [3.05, 3.63) is 46.9 Å². The molecule has 0 spiro atoms. The normalized spacial score (nSPS) is 15.5. The lowest BCUT2D eigenvalue weighted by Gasteiger charge is -2.26. The zero-order chi connectivity index (χ0) is 16.8. The lowest BCUT2D eigenvalue weighted by atomic mass is 10.2. The molecule has 1 amide bonds. The van der Waals surface area contributed by atoms with Crippen molar-refractivity contribution in [2.45, 2.75) is 13.0 Å². The van der Waals surface area contributed by atoms with Crippen molar-refractivity contribution in [1.29, 1.82) is 0 Å². The van der Waals surface area contributed by atoms with E-state index >= 15 is 0 Å². The first-order chi connectivity index (χ1) is 11.7. The number of nitrogens with one attached hydrogen (secondary N) is 1. The highest BCUT2D eigenvalue weighted by atomic mass is 16.5. The average molecular weight is 329 g/mol. The summed E-state index contributed by atoms with van der Waals surface area (Å²) in [5, 5.41) is 4.42. The van der Waals surface area contributed by atoms with Crippen LogP contribution in [0.25, 0.3) is 10.8 Å². The number of rotatable bonds is 6. The highest BCUT2D eigenvalue weighted by Crippen LogP contribution is 2.07. The highest BCUT2D eigenvalue weighted by molar-refractivity contribution is 5.82. The van der Waals surface area contributed by atoms with Gasteiger partial charge in [0.1, 0.15) is 6.54 Å². The molecule has 1 aromatic carbocycles. The number of morpholine rings is 1. The second-order valence-electron chi connectivity index (χ2n) is 5.99. The predicted molar refractivity (Wildman–Crippen MR) is 93.1 cm³/mol. The van der Waals surface area contributed by atoms with Gasteiger partial charge in [-0.05, 0) is 30.5 Å². The predicted octanol–water partition coefficient (Wildman–Crippen LogP) is 0.840. The van der Waals surface area contributed by atoms with Crippen LogP contribution in [-0.4, -0.2) is 54.8 Å². The minimum absolute atomic E-state index is 0.0568. The van der Waals surface area contributed by atoms with Crippen LogP contribution < -0.4 is 10.9 Å². The van der Waals surface area contributed by atoms with Gasteiger partial charge in [-0.2, -0.15) is 0 Å². The van der Waals surface area contributed by atoms with Crippen molar-refractivity contribution in [2.75, 3.05) is 39.4 Å². The van der Waals surface area contributed by atoms with Crippen LogP contribution in [0.4, 0.5) is 0 Å². The molecule has 2 aromatic rings. The summed E-state index contributed by atoms with van der Waals surface area (Å²) in [6.45, 7) is 5.13. The monoisotopic (exact) mass is 329 g/mol. The highest BCUT2D eigenvalue weighted by Gasteiger charge is 2.10. The van der Waals surface area contributed by atoms with E-state index in [0.29, 0.717) is 11.9 Å². The van der Waals surface area contributed by atoms with Crippen molar-refractivity contribution in [3.63, 3.8) is 0 Å². The molecule has 2 heterocycles. The Morgan fingerprint density at radius 1 is 1.17 bits per heavy atom. The molecular formula is C18H23N3O3. The second-order valence-corrected chi connectivity index (χ2v) is 5.99. The molecule has 1 aromatic heterocycles. The van der Waals surface area contributed by atoms with Crippen LogP contribution in [0, 0.1) is 0 Å². The van der Waals surface area contributed by atoms with Gasteiger partial charge in [0.25, 0.3) is 5.56 Å². The molecule has 0 unspecified atom stereocenters. The Balaban J connectivity index is 1.48. The van der Waals surface area contributed by atoms with Crippen LogP contribution in [0.15, 0.2) is 41.3 Å². The molecule has 1 fully saturated rings. The molecule has 0 radical (unpaired) electrons. The van der Waals surface area contributed by atoms with E-state index in [1.165, 1.54) is 4.57 Å². The molecule has 1 aliphatic heterocycles. The van der Waals surface area contributed by atoms with E-state index in [2.05, 4.69) is 10.2 Å². The topological polar surface area (TPSA) is 63.6 Å². The Morgan fingerprint density at radius 3 is 2.79 bits per heavy atom. The molecule has 3 rings (SSSR count). The van der Waals surface area contributed by atoms with E-state index in [1.807, 2.05) is 24.3 Å². The number of carbonyl (C=O) groups is 1. The largest absolute Gasteiger partial charge is 0.379 e. The van der Waals surface area contributed by atoms with Gasteiger partial charge in [-0.1, -0.05) is 18.2 Å². The fourth-order valence-corrected chi connectivity index (χ4v) is 2.92. The summed E-state index contributed by atoms with van der Waals surface area (Å²) in [6, 6.07) is 9.27. The molecule has 24 heavy (non-hydrogen) atoms. The van der Waals surface area contributed by atoms with Crippen LogP contribution in [-0.2, 0) is 16.1 Å². The fraction of sp³-hybridized carbons (Fsp3) is 0.444. The smallest absolute Gasteiger partial charge is 0.258 e. The molecular weight excluding hydrogens is 306 g/mol. The van der Waals surface area contributed by atoms with Gasteiger partial charge in [-0.15, -0.1) is 0 Å². The quantitative estimate of drug-likeness (QED) is 0.798. The van der Waals surface area contributed by atoms with E-state index < -0.39 is 0 Å². The van der Waals surface area contributed by atoms with Crippen molar-refractivity contribution in [3.8, 4) is 0 Å². The number of pyridine rings is 1. The fourth-order valence-electron chi connectivity index (χ4n) is 2.92. The SMILES string of the molecule is O=C(Cn1ccc2ccccc2c1=O)NCCCN1CCOCC1. The van der Waals surface area contributed by atoms with Crippen LogP contribution in [0.2, 0.25) is 0 Å². The Morgan fingerprint density at radius 2 is 1.96 bits per heavy atom. The third-order valence-corrected chi connectivity index (χ3v) is 4.28. The maximum absolute atomic E-state index is 12.4. The molecule has 0 saturated carbocycles. The van der Waals surface area contributed by atoms with Crippen molar-refractivity contribution < 1.29 is 9.53 Å². The van der Waals surface area contributed by atoms with Gasteiger partial charge in [-0.3, -0.25) is 14.5 Å². The maximum atomic E-state index is 12.4. The number of amides is 1. The number of ether oxygens (including phenoxy) is 1. The number of nitrogens with zero attached hydrogens (tertiary/aromatic N) is 2. The lowest BCUT2D eigenvalue weighted by Crippen LogP contribution is -2.38. The van der Waals surface area contributed by atoms with Gasteiger partial charge < -0.3 is 14.6 Å². The van der Waals surface area contributed by atoms with Gasteiger partial charge in [0.15, 0.2) is 0 Å². The van der Waals surface area contributed by atoms with Gasteiger partial charge in [0, 0.05) is 31.2 Å². The average Bonchev–Trinajstić information content (AvgIpc) is 2.62. The van der Waals surface area contributed by atoms with E-state index in [1.54, 1.807) is 12.3 Å². The van der Waals surface area contributed by atoms with Crippen LogP contribution >= 0.6 is 0 Å². The van der Waals surface area contributed by atoms with Crippen molar-refractivity contribution in [2.24, 2.45) is 0 Å². The van der Waals surface area contributed by atoms with E-state index in [4.69, 9.17) is 4.74 Å². The summed E-state index contributed by atoms with van der Waals surface area (Å²) in [5.41, 5.74) is -0.128. The summed E-state index contributed by atoms with van der Waals surface area (Å²) < 4.78 is 6.77. The first-order valence-electron chi connectivity index (χ1n) is 8.39. The number of aromatic nitrogens is 1.